The van der Waals surface area contributed by atoms with Gasteiger partial charge in [-0.25, -0.2) is 9.97 Å². The van der Waals surface area contributed by atoms with E-state index in [2.05, 4.69) is 15.0 Å². The van der Waals surface area contributed by atoms with E-state index in [4.69, 9.17) is 0 Å². The molecule has 0 saturated carbocycles. The normalized spacial score (nSPS) is 10.6. The number of nitrogens with zero attached hydrogens (tertiary/aromatic N) is 2. The monoisotopic (exact) mass is 223 g/mol. The lowest BCUT2D eigenvalue weighted by Crippen LogP contribution is -2.06. The first-order valence-electron chi connectivity index (χ1n) is 5.24. The van der Waals surface area contributed by atoms with Gasteiger partial charge in [-0.2, -0.15) is 0 Å². The summed E-state index contributed by atoms with van der Waals surface area (Å²) in [6.07, 6.45) is 1.48. The van der Waals surface area contributed by atoms with Gasteiger partial charge in [-0.1, -0.05) is 24.3 Å². The number of rotatable bonds is 1. The van der Waals surface area contributed by atoms with Crippen molar-refractivity contribution in [3.8, 4) is 11.5 Å². The molecular formula is C13H9N3O. The van der Waals surface area contributed by atoms with Gasteiger partial charge in [0.15, 0.2) is 5.82 Å². The number of aromatic amines is 1. The van der Waals surface area contributed by atoms with E-state index in [1.807, 2.05) is 36.4 Å². The van der Waals surface area contributed by atoms with Crippen molar-refractivity contribution in [1.29, 1.82) is 0 Å². The lowest BCUT2D eigenvalue weighted by Gasteiger charge is -2.01. The molecule has 0 amide bonds. The molecule has 0 aliphatic carbocycles. The molecule has 4 nitrogen and oxygen atoms in total. The summed E-state index contributed by atoms with van der Waals surface area (Å²) in [6, 6.07) is 13.0. The minimum absolute atomic E-state index is 0.176. The van der Waals surface area contributed by atoms with Gasteiger partial charge < -0.3 is 4.98 Å². The van der Waals surface area contributed by atoms with Gasteiger partial charge in [0.25, 0.3) is 5.56 Å². The highest BCUT2D eigenvalue weighted by Crippen LogP contribution is 2.16. The fourth-order valence-corrected chi connectivity index (χ4v) is 1.70. The number of nitrogens with one attached hydrogen (secondary N) is 1. The lowest BCUT2D eigenvalue weighted by atomic mass is 10.2. The zero-order valence-electron chi connectivity index (χ0n) is 8.92. The summed E-state index contributed by atoms with van der Waals surface area (Å²) in [5.74, 6) is 0.489. The van der Waals surface area contributed by atoms with E-state index < -0.39 is 0 Å². The average Bonchev–Trinajstić information content (AvgIpc) is 2.38. The summed E-state index contributed by atoms with van der Waals surface area (Å²) in [5, 5.41) is 1.06. The van der Waals surface area contributed by atoms with E-state index >= 15 is 0 Å². The first kappa shape index (κ1) is 9.72. The summed E-state index contributed by atoms with van der Waals surface area (Å²) in [4.78, 5) is 22.4. The maximum atomic E-state index is 11.2. The Morgan fingerprint density at radius 1 is 1.00 bits per heavy atom. The smallest absolute Gasteiger partial charge is 0.251 e. The van der Waals surface area contributed by atoms with Crippen molar-refractivity contribution in [2.75, 3.05) is 0 Å². The summed E-state index contributed by atoms with van der Waals surface area (Å²) in [7, 11) is 0. The first-order valence-corrected chi connectivity index (χ1v) is 5.24. The van der Waals surface area contributed by atoms with E-state index in [9.17, 15) is 4.79 Å². The molecule has 0 unspecified atom stereocenters. The summed E-state index contributed by atoms with van der Waals surface area (Å²) in [6.45, 7) is 0. The van der Waals surface area contributed by atoms with Crippen LogP contribution in [0.3, 0.4) is 0 Å². The van der Waals surface area contributed by atoms with Gasteiger partial charge in [-0.15, -0.1) is 0 Å². The Bertz CT molecular complexity index is 734. The Hall–Kier alpha value is -2.49. The molecule has 1 N–H and O–H groups in total. The van der Waals surface area contributed by atoms with E-state index in [-0.39, 0.29) is 5.56 Å². The van der Waals surface area contributed by atoms with Crippen molar-refractivity contribution in [2.45, 2.75) is 0 Å². The Balaban J connectivity index is 2.21. The zero-order chi connectivity index (χ0) is 11.7. The van der Waals surface area contributed by atoms with Gasteiger partial charge in [0, 0.05) is 17.6 Å². The second-order valence-corrected chi connectivity index (χ2v) is 3.67. The Labute approximate surface area is 97.0 Å². The predicted octanol–water partition coefficient (Wildman–Crippen LogP) is 1.99. The maximum Gasteiger partial charge on any atom is 0.251 e. The number of aromatic nitrogens is 3. The van der Waals surface area contributed by atoms with Crippen LogP contribution in [0, 0.1) is 0 Å². The number of hydrogen-bond acceptors (Lipinski definition) is 3. The molecule has 0 spiro atoms. The predicted molar refractivity (Wildman–Crippen MR) is 65.6 cm³/mol. The average molecular weight is 223 g/mol. The van der Waals surface area contributed by atoms with Crippen LogP contribution in [0.5, 0.6) is 0 Å². The molecule has 4 heteroatoms. The third-order valence-corrected chi connectivity index (χ3v) is 2.51. The van der Waals surface area contributed by atoms with Crippen molar-refractivity contribution < 1.29 is 0 Å². The number of benzene rings is 1. The maximum absolute atomic E-state index is 11.2. The van der Waals surface area contributed by atoms with E-state index in [0.717, 1.165) is 10.9 Å². The minimum atomic E-state index is -0.176. The first-order chi connectivity index (χ1) is 8.33. The Kier molecular flexibility index (Phi) is 2.19. The van der Waals surface area contributed by atoms with Crippen molar-refractivity contribution >= 4 is 10.9 Å². The van der Waals surface area contributed by atoms with Crippen LogP contribution in [0.2, 0.25) is 0 Å². The standard InChI is InChI=1S/C13H9N3O/c17-12-7-8-14-13(16-12)11-6-5-9-3-1-2-4-10(9)15-11/h1-8H,(H,14,16,17). The Morgan fingerprint density at radius 3 is 2.76 bits per heavy atom. The highest BCUT2D eigenvalue weighted by atomic mass is 16.1. The number of H-pyrrole nitrogens is 1. The molecule has 2 aromatic heterocycles. The van der Waals surface area contributed by atoms with Crippen LogP contribution >= 0.6 is 0 Å². The number of hydrogen-bond donors (Lipinski definition) is 1. The third kappa shape index (κ3) is 1.80. The second-order valence-electron chi connectivity index (χ2n) is 3.67. The molecule has 0 aliphatic rings. The molecule has 0 radical (unpaired) electrons. The molecular weight excluding hydrogens is 214 g/mol. The van der Waals surface area contributed by atoms with Crippen LogP contribution in [0.25, 0.3) is 22.4 Å². The van der Waals surface area contributed by atoms with Gasteiger partial charge in [0.1, 0.15) is 5.69 Å². The highest BCUT2D eigenvalue weighted by Gasteiger charge is 2.02. The van der Waals surface area contributed by atoms with Crippen molar-refractivity contribution in [3.05, 3.63) is 59.0 Å². The molecule has 2 heterocycles. The van der Waals surface area contributed by atoms with E-state index in [1.165, 1.54) is 12.3 Å². The molecule has 0 fully saturated rings. The van der Waals surface area contributed by atoms with Crippen molar-refractivity contribution in [3.63, 3.8) is 0 Å². The van der Waals surface area contributed by atoms with E-state index in [0.29, 0.717) is 11.5 Å². The molecule has 17 heavy (non-hydrogen) atoms. The summed E-state index contributed by atoms with van der Waals surface area (Å²) in [5.41, 5.74) is 1.38. The quantitative estimate of drug-likeness (QED) is 0.686. The van der Waals surface area contributed by atoms with Gasteiger partial charge >= 0.3 is 0 Å². The summed E-state index contributed by atoms with van der Waals surface area (Å²) >= 11 is 0. The molecule has 3 rings (SSSR count). The highest BCUT2D eigenvalue weighted by molar-refractivity contribution is 5.80. The second kappa shape index (κ2) is 3.83. The molecule has 0 atom stereocenters. The van der Waals surface area contributed by atoms with Crippen LogP contribution in [0.4, 0.5) is 0 Å². The van der Waals surface area contributed by atoms with Crippen LogP contribution in [-0.2, 0) is 0 Å². The molecule has 1 aromatic carbocycles. The van der Waals surface area contributed by atoms with Crippen molar-refractivity contribution in [2.24, 2.45) is 0 Å². The molecule has 0 saturated heterocycles. The van der Waals surface area contributed by atoms with Crippen molar-refractivity contribution in [1.82, 2.24) is 15.0 Å². The molecule has 0 aliphatic heterocycles. The SMILES string of the molecule is O=c1ccnc(-c2ccc3ccccc3n2)[nH]1. The van der Waals surface area contributed by atoms with Gasteiger partial charge in [0.05, 0.1) is 5.52 Å². The van der Waals surface area contributed by atoms with Crippen LogP contribution < -0.4 is 5.56 Å². The van der Waals surface area contributed by atoms with Crippen LogP contribution in [0.1, 0.15) is 0 Å². The summed E-state index contributed by atoms with van der Waals surface area (Å²) < 4.78 is 0. The van der Waals surface area contributed by atoms with Gasteiger partial charge in [-0.05, 0) is 12.1 Å². The fourth-order valence-electron chi connectivity index (χ4n) is 1.70. The molecule has 82 valence electrons. The largest absolute Gasteiger partial charge is 0.305 e. The number of pyridine rings is 1. The fraction of sp³-hybridized carbons (Fsp3) is 0. The zero-order valence-corrected chi connectivity index (χ0v) is 8.92. The number of fused-ring (bicyclic) bond motifs is 1. The van der Waals surface area contributed by atoms with Crippen LogP contribution in [-0.4, -0.2) is 15.0 Å². The molecule has 3 aromatic rings. The number of para-hydroxylation sites is 1. The topological polar surface area (TPSA) is 58.6 Å². The van der Waals surface area contributed by atoms with Gasteiger partial charge in [-0.3, -0.25) is 4.79 Å². The lowest BCUT2D eigenvalue weighted by molar-refractivity contribution is 1.11. The van der Waals surface area contributed by atoms with E-state index in [1.54, 1.807) is 0 Å². The Morgan fingerprint density at radius 2 is 1.88 bits per heavy atom. The van der Waals surface area contributed by atoms with Gasteiger partial charge in [0.2, 0.25) is 0 Å². The molecule has 0 bridgehead atoms. The van der Waals surface area contributed by atoms with Crippen LogP contribution in [0.15, 0.2) is 53.5 Å². The third-order valence-electron chi connectivity index (χ3n) is 2.51. The minimum Gasteiger partial charge on any atom is -0.305 e.